The quantitative estimate of drug-likeness (QED) is 0.725. The summed E-state index contributed by atoms with van der Waals surface area (Å²) in [4.78, 5) is 4.79. The summed E-state index contributed by atoms with van der Waals surface area (Å²) < 4.78 is 5.81. The lowest BCUT2D eigenvalue weighted by molar-refractivity contribution is 0.0100. The molecular weight excluding hydrogens is 324 g/mol. The minimum atomic E-state index is -0.363. The number of β-amino-alcohol motifs (C(OH)–C–C–N with tert-alkyl or cyclic N) is 1. The minimum Gasteiger partial charge on any atom is -0.389 e. The molecule has 1 aromatic carbocycles. The summed E-state index contributed by atoms with van der Waals surface area (Å²) in [6, 6.07) is 10.6. The van der Waals surface area contributed by atoms with Crippen LogP contribution in [0.4, 0.5) is 5.69 Å². The van der Waals surface area contributed by atoms with Crippen molar-refractivity contribution in [2.45, 2.75) is 38.2 Å². The fourth-order valence-electron chi connectivity index (χ4n) is 5.36. The van der Waals surface area contributed by atoms with E-state index in [0.717, 1.165) is 57.1 Å². The van der Waals surface area contributed by atoms with Gasteiger partial charge in [-0.3, -0.25) is 4.90 Å². The molecule has 3 fully saturated rings. The van der Waals surface area contributed by atoms with Gasteiger partial charge in [-0.1, -0.05) is 24.6 Å². The number of nitrogens with zero attached hydrogens (tertiary/aromatic N) is 2. The van der Waals surface area contributed by atoms with Crippen molar-refractivity contribution in [2.75, 3.05) is 50.8 Å². The number of piperazine rings is 1. The highest BCUT2D eigenvalue weighted by Gasteiger charge is 2.38. The van der Waals surface area contributed by atoms with Crippen LogP contribution in [0.1, 0.15) is 32.1 Å². The molecule has 1 aliphatic heterocycles. The van der Waals surface area contributed by atoms with Crippen molar-refractivity contribution in [3.63, 3.8) is 0 Å². The van der Waals surface area contributed by atoms with Gasteiger partial charge in [-0.2, -0.15) is 0 Å². The molecule has 1 aromatic rings. The smallest absolute Gasteiger partial charge is 0.0900 e. The minimum absolute atomic E-state index is 0.363. The first-order valence-electron chi connectivity index (χ1n) is 10.6. The molecule has 0 aromatic heterocycles. The Hall–Kier alpha value is -1.10. The molecule has 1 heterocycles. The van der Waals surface area contributed by atoms with Crippen molar-refractivity contribution >= 4 is 5.69 Å². The Kier molecular flexibility index (Phi) is 6.13. The largest absolute Gasteiger partial charge is 0.389 e. The van der Waals surface area contributed by atoms with Gasteiger partial charge in [-0.15, -0.1) is 0 Å². The van der Waals surface area contributed by atoms with E-state index < -0.39 is 0 Å². The fourth-order valence-corrected chi connectivity index (χ4v) is 5.36. The number of para-hydroxylation sites is 1. The summed E-state index contributed by atoms with van der Waals surface area (Å²) >= 11 is 0. The zero-order valence-electron chi connectivity index (χ0n) is 15.9. The Morgan fingerprint density at radius 2 is 1.85 bits per heavy atom. The van der Waals surface area contributed by atoms with E-state index in [1.165, 1.54) is 37.8 Å². The van der Waals surface area contributed by atoms with Gasteiger partial charge >= 0.3 is 0 Å². The van der Waals surface area contributed by atoms with Crippen molar-refractivity contribution in [3.8, 4) is 0 Å². The number of aliphatic hydroxyl groups is 1. The van der Waals surface area contributed by atoms with Gasteiger partial charge in [0.25, 0.3) is 0 Å². The molecule has 2 saturated carbocycles. The van der Waals surface area contributed by atoms with Gasteiger partial charge in [0.1, 0.15) is 0 Å². The van der Waals surface area contributed by atoms with E-state index in [1.807, 2.05) is 0 Å². The highest BCUT2D eigenvalue weighted by molar-refractivity contribution is 5.46. The number of fused-ring (bicyclic) bond motifs is 2. The Morgan fingerprint density at radius 1 is 1.04 bits per heavy atom. The number of aliphatic hydroxyl groups excluding tert-OH is 1. The Bertz CT molecular complexity index is 544. The van der Waals surface area contributed by atoms with E-state index in [9.17, 15) is 5.11 Å². The van der Waals surface area contributed by atoms with Crippen molar-refractivity contribution in [3.05, 3.63) is 30.3 Å². The molecule has 2 aliphatic carbocycles. The van der Waals surface area contributed by atoms with Crippen LogP contribution in [0.3, 0.4) is 0 Å². The fraction of sp³-hybridized carbons (Fsp3) is 0.727. The van der Waals surface area contributed by atoms with Crippen molar-refractivity contribution in [1.29, 1.82) is 0 Å². The zero-order valence-corrected chi connectivity index (χ0v) is 15.9. The molecule has 0 spiro atoms. The van der Waals surface area contributed by atoms with E-state index in [-0.39, 0.29) is 6.10 Å². The van der Waals surface area contributed by atoms with Crippen LogP contribution in [0.2, 0.25) is 0 Å². The second kappa shape index (κ2) is 8.73. The third-order valence-electron chi connectivity index (χ3n) is 6.79. The van der Waals surface area contributed by atoms with Gasteiger partial charge in [0.2, 0.25) is 0 Å². The van der Waals surface area contributed by atoms with Crippen LogP contribution >= 0.6 is 0 Å². The lowest BCUT2D eigenvalue weighted by Gasteiger charge is -2.36. The summed E-state index contributed by atoms with van der Waals surface area (Å²) in [6.07, 6.45) is 6.66. The molecule has 26 heavy (non-hydrogen) atoms. The summed E-state index contributed by atoms with van der Waals surface area (Å²) in [7, 11) is 0. The van der Waals surface area contributed by atoms with E-state index in [0.29, 0.717) is 6.61 Å². The lowest BCUT2D eigenvalue weighted by Crippen LogP contribution is -2.49. The molecule has 4 rings (SSSR count). The summed E-state index contributed by atoms with van der Waals surface area (Å²) in [5, 5.41) is 10.3. The molecule has 0 amide bonds. The van der Waals surface area contributed by atoms with Gasteiger partial charge in [-0.05, 0) is 55.6 Å². The Labute approximate surface area is 158 Å². The third-order valence-corrected chi connectivity index (χ3v) is 6.79. The molecule has 3 aliphatic rings. The first kappa shape index (κ1) is 18.3. The molecule has 2 bridgehead atoms. The molecule has 0 unspecified atom stereocenters. The monoisotopic (exact) mass is 358 g/mol. The van der Waals surface area contributed by atoms with Gasteiger partial charge in [-0.25, -0.2) is 0 Å². The van der Waals surface area contributed by atoms with Gasteiger partial charge in [0.05, 0.1) is 12.7 Å². The van der Waals surface area contributed by atoms with Crippen LogP contribution in [0.5, 0.6) is 0 Å². The topological polar surface area (TPSA) is 35.9 Å². The average molecular weight is 359 g/mol. The normalized spacial score (nSPS) is 30.0. The SMILES string of the molecule is O[C@@H](COCC[C@H]1C[C@H]2CC[C@H]1C2)CN1CCN(c2ccccc2)CC1. The lowest BCUT2D eigenvalue weighted by atomic mass is 9.87. The Balaban J connectivity index is 1.09. The second-order valence-corrected chi connectivity index (χ2v) is 8.58. The van der Waals surface area contributed by atoms with Gasteiger partial charge in [0, 0.05) is 45.0 Å². The first-order valence-corrected chi connectivity index (χ1v) is 10.6. The van der Waals surface area contributed by atoms with Crippen LogP contribution in [0.15, 0.2) is 30.3 Å². The van der Waals surface area contributed by atoms with Gasteiger partial charge < -0.3 is 14.7 Å². The van der Waals surface area contributed by atoms with Crippen LogP contribution in [0.25, 0.3) is 0 Å². The van der Waals surface area contributed by atoms with E-state index in [2.05, 4.69) is 40.1 Å². The summed E-state index contributed by atoms with van der Waals surface area (Å²) in [5.41, 5.74) is 1.30. The molecule has 1 saturated heterocycles. The van der Waals surface area contributed by atoms with Gasteiger partial charge in [0.15, 0.2) is 0 Å². The zero-order chi connectivity index (χ0) is 17.8. The molecule has 4 nitrogen and oxygen atoms in total. The van der Waals surface area contributed by atoms with Crippen molar-refractivity contribution < 1.29 is 9.84 Å². The van der Waals surface area contributed by atoms with Crippen molar-refractivity contribution in [2.24, 2.45) is 17.8 Å². The van der Waals surface area contributed by atoms with Crippen LogP contribution < -0.4 is 4.90 Å². The standard InChI is InChI=1S/C22H34N2O2/c25-22(17-26-13-8-20-15-18-6-7-19(20)14-18)16-23-9-11-24(12-10-23)21-4-2-1-3-5-21/h1-5,18-20,22,25H,6-17H2/t18-,19-,20-,22+/m0/s1. The highest BCUT2D eigenvalue weighted by Crippen LogP contribution is 2.49. The molecule has 0 radical (unpaired) electrons. The predicted octanol–water partition coefficient (Wildman–Crippen LogP) is 3.01. The maximum Gasteiger partial charge on any atom is 0.0900 e. The first-order chi connectivity index (χ1) is 12.8. The average Bonchev–Trinajstić information content (AvgIpc) is 3.30. The second-order valence-electron chi connectivity index (χ2n) is 8.58. The molecule has 1 N–H and O–H groups in total. The van der Waals surface area contributed by atoms with Crippen molar-refractivity contribution in [1.82, 2.24) is 4.90 Å². The summed E-state index contributed by atoms with van der Waals surface area (Å²) in [6.45, 7) is 6.13. The van der Waals surface area contributed by atoms with Crippen LogP contribution in [-0.4, -0.2) is 62.0 Å². The number of hydrogen-bond donors (Lipinski definition) is 1. The predicted molar refractivity (Wildman–Crippen MR) is 105 cm³/mol. The molecule has 144 valence electrons. The van der Waals surface area contributed by atoms with Crippen LogP contribution in [0, 0.1) is 17.8 Å². The maximum absolute atomic E-state index is 10.3. The Morgan fingerprint density at radius 3 is 2.54 bits per heavy atom. The number of anilines is 1. The molecule has 4 heteroatoms. The third kappa shape index (κ3) is 4.59. The number of ether oxygens (including phenoxy) is 1. The van der Waals surface area contributed by atoms with E-state index >= 15 is 0 Å². The number of benzene rings is 1. The molecular formula is C22H34N2O2. The highest BCUT2D eigenvalue weighted by atomic mass is 16.5. The number of rotatable bonds is 8. The van der Waals surface area contributed by atoms with Crippen LogP contribution in [-0.2, 0) is 4.74 Å². The summed E-state index contributed by atoms with van der Waals surface area (Å²) in [5.74, 6) is 2.90. The molecule has 4 atom stereocenters. The number of hydrogen-bond acceptors (Lipinski definition) is 4. The van der Waals surface area contributed by atoms with E-state index in [4.69, 9.17) is 4.74 Å². The van der Waals surface area contributed by atoms with E-state index in [1.54, 1.807) is 0 Å². The maximum atomic E-state index is 10.3.